The van der Waals surface area contributed by atoms with Gasteiger partial charge in [-0.3, -0.25) is 20.4 Å². The lowest BCUT2D eigenvalue weighted by atomic mass is 9.97. The van der Waals surface area contributed by atoms with Gasteiger partial charge in [0.25, 0.3) is 0 Å². The monoisotopic (exact) mass is 230 g/mol. The van der Waals surface area contributed by atoms with E-state index in [0.29, 0.717) is 5.69 Å². The first-order valence-electron chi connectivity index (χ1n) is 4.68. The molecule has 0 fully saturated rings. The molecule has 0 spiro atoms. The highest BCUT2D eigenvalue weighted by Gasteiger charge is 2.29. The number of nitrogens with zero attached hydrogens (tertiary/aromatic N) is 1. The first-order chi connectivity index (χ1) is 8.09. The molecule has 0 atom stereocenters. The van der Waals surface area contributed by atoms with E-state index in [9.17, 15) is 9.59 Å². The van der Waals surface area contributed by atoms with Gasteiger partial charge < -0.3 is 15.0 Å². The fourth-order valence-electron chi connectivity index (χ4n) is 1.76. The van der Waals surface area contributed by atoms with Crippen molar-refractivity contribution < 1.29 is 0 Å². The summed E-state index contributed by atoms with van der Waals surface area (Å²) in [6, 6.07) is 0. The molecule has 0 aliphatic heterocycles. The standard InChI is InChI=1S/C9H6N6O2/c10-2-4-5(13-1-12-4)3(11)7-6(2)14-8(16)9(17)15-7/h1,10-11H,(H,12,13)(H,14,16)(H,15,17). The molecule has 3 rings (SSSR count). The number of imidazole rings is 1. The molecule has 0 amide bonds. The number of aromatic nitrogens is 4. The van der Waals surface area contributed by atoms with Crippen molar-refractivity contribution in [1.82, 2.24) is 19.9 Å². The summed E-state index contributed by atoms with van der Waals surface area (Å²) in [5.74, 6) is 0. The van der Waals surface area contributed by atoms with Crippen molar-refractivity contribution in [2.75, 3.05) is 0 Å². The van der Waals surface area contributed by atoms with Gasteiger partial charge in [0.05, 0.1) is 23.4 Å². The van der Waals surface area contributed by atoms with Gasteiger partial charge in [-0.15, -0.1) is 0 Å². The van der Waals surface area contributed by atoms with Gasteiger partial charge in [0.2, 0.25) is 0 Å². The van der Waals surface area contributed by atoms with Crippen molar-refractivity contribution in [3.63, 3.8) is 0 Å². The number of hydrogen-bond acceptors (Lipinski definition) is 5. The number of aromatic amines is 3. The second-order valence-electron chi connectivity index (χ2n) is 3.53. The number of rotatable bonds is 0. The Bertz CT molecular complexity index is 714. The van der Waals surface area contributed by atoms with Crippen molar-refractivity contribution in [2.45, 2.75) is 0 Å². The normalized spacial score (nSPS) is 13.4. The van der Waals surface area contributed by atoms with E-state index in [-0.39, 0.29) is 28.5 Å². The van der Waals surface area contributed by atoms with Crippen LogP contribution in [-0.2, 0) is 0 Å². The number of hydrogen-bond donors (Lipinski definition) is 5. The molecule has 1 aliphatic rings. The lowest BCUT2D eigenvalue weighted by Crippen LogP contribution is -2.37. The minimum Gasteiger partial charge on any atom is -0.343 e. The van der Waals surface area contributed by atoms with Gasteiger partial charge in [0.1, 0.15) is 17.1 Å². The molecule has 0 saturated heterocycles. The van der Waals surface area contributed by atoms with Gasteiger partial charge in [0, 0.05) is 0 Å². The van der Waals surface area contributed by atoms with E-state index in [4.69, 9.17) is 10.8 Å². The smallest absolute Gasteiger partial charge is 0.314 e. The maximum atomic E-state index is 11.2. The molecule has 2 aromatic heterocycles. The van der Waals surface area contributed by atoms with Crippen LogP contribution in [0.1, 0.15) is 22.8 Å². The molecule has 2 aromatic rings. The Hall–Kier alpha value is -2.77. The van der Waals surface area contributed by atoms with Gasteiger partial charge in [-0.25, -0.2) is 4.98 Å². The highest BCUT2D eigenvalue weighted by Crippen LogP contribution is 2.19. The molecule has 2 heterocycles. The Balaban J connectivity index is 2.42. The van der Waals surface area contributed by atoms with Crippen LogP contribution in [0.15, 0.2) is 15.9 Å². The van der Waals surface area contributed by atoms with Crippen LogP contribution in [0, 0.1) is 10.8 Å². The van der Waals surface area contributed by atoms with Crippen LogP contribution in [0.2, 0.25) is 0 Å². The number of H-pyrrole nitrogens is 3. The summed E-state index contributed by atoms with van der Waals surface area (Å²) >= 11 is 0. The molecule has 8 nitrogen and oxygen atoms in total. The molecule has 17 heavy (non-hydrogen) atoms. The summed E-state index contributed by atoms with van der Waals surface area (Å²) in [6.45, 7) is 0. The van der Waals surface area contributed by atoms with Crippen molar-refractivity contribution >= 4 is 11.4 Å². The number of nitrogens with one attached hydrogen (secondary N) is 5. The van der Waals surface area contributed by atoms with E-state index in [2.05, 4.69) is 19.9 Å². The molecule has 0 saturated carbocycles. The number of fused-ring (bicyclic) bond motifs is 2. The second kappa shape index (κ2) is 2.88. The van der Waals surface area contributed by atoms with Crippen molar-refractivity contribution in [2.24, 2.45) is 0 Å². The molecule has 0 aromatic carbocycles. The van der Waals surface area contributed by atoms with Crippen molar-refractivity contribution in [3.05, 3.63) is 49.8 Å². The molecule has 1 aliphatic carbocycles. The Kier molecular flexibility index (Phi) is 1.60. The summed E-state index contributed by atoms with van der Waals surface area (Å²) in [7, 11) is 0. The van der Waals surface area contributed by atoms with Crippen LogP contribution >= 0.6 is 0 Å². The first kappa shape index (κ1) is 9.46. The molecule has 84 valence electrons. The zero-order valence-electron chi connectivity index (χ0n) is 8.34. The summed E-state index contributed by atoms with van der Waals surface area (Å²) in [6.07, 6.45) is 1.36. The largest absolute Gasteiger partial charge is 0.343 e. The van der Waals surface area contributed by atoms with Gasteiger partial charge in [0.15, 0.2) is 0 Å². The van der Waals surface area contributed by atoms with Crippen LogP contribution in [0.4, 0.5) is 0 Å². The van der Waals surface area contributed by atoms with Gasteiger partial charge >= 0.3 is 11.1 Å². The minimum absolute atomic E-state index is 0.00292. The van der Waals surface area contributed by atoms with Gasteiger partial charge in [-0.05, 0) is 0 Å². The Labute approximate surface area is 92.8 Å². The van der Waals surface area contributed by atoms with Gasteiger partial charge in [-0.1, -0.05) is 0 Å². The third-order valence-corrected chi connectivity index (χ3v) is 2.56. The topological polar surface area (TPSA) is 142 Å². The molecule has 0 unspecified atom stereocenters. The van der Waals surface area contributed by atoms with E-state index in [1.54, 1.807) is 0 Å². The molecule has 8 heteroatoms. The minimum atomic E-state index is -0.847. The maximum absolute atomic E-state index is 11.2. The predicted octanol–water partition coefficient (Wildman–Crippen LogP) is -1.07. The zero-order chi connectivity index (χ0) is 12.2. The van der Waals surface area contributed by atoms with Crippen LogP contribution in [0.3, 0.4) is 0 Å². The summed E-state index contributed by atoms with van der Waals surface area (Å²) < 4.78 is 0. The van der Waals surface area contributed by atoms with Crippen molar-refractivity contribution in [3.8, 4) is 0 Å². The highest BCUT2D eigenvalue weighted by atomic mass is 16.2. The molecule has 5 N–H and O–H groups in total. The third-order valence-electron chi connectivity index (χ3n) is 2.56. The van der Waals surface area contributed by atoms with Crippen LogP contribution in [0.25, 0.3) is 0 Å². The Morgan fingerprint density at radius 1 is 0.941 bits per heavy atom. The molecular formula is C9H6N6O2. The molecule has 0 radical (unpaired) electrons. The van der Waals surface area contributed by atoms with Crippen LogP contribution in [0.5, 0.6) is 0 Å². The second-order valence-corrected chi connectivity index (χ2v) is 3.53. The fourth-order valence-corrected chi connectivity index (χ4v) is 1.76. The van der Waals surface area contributed by atoms with Crippen LogP contribution < -0.4 is 11.1 Å². The molecular weight excluding hydrogens is 224 g/mol. The quantitative estimate of drug-likeness (QED) is 0.314. The van der Waals surface area contributed by atoms with E-state index in [1.165, 1.54) is 6.33 Å². The average molecular weight is 230 g/mol. The van der Waals surface area contributed by atoms with E-state index < -0.39 is 11.1 Å². The van der Waals surface area contributed by atoms with Crippen LogP contribution in [-0.4, -0.2) is 31.4 Å². The summed E-state index contributed by atoms with van der Waals surface area (Å²) in [4.78, 5) is 33.6. The molecule has 0 bridgehead atoms. The Morgan fingerprint density at radius 2 is 1.53 bits per heavy atom. The van der Waals surface area contributed by atoms with Gasteiger partial charge in [-0.2, -0.15) is 0 Å². The highest BCUT2D eigenvalue weighted by molar-refractivity contribution is 6.26. The first-order valence-corrected chi connectivity index (χ1v) is 4.68. The summed E-state index contributed by atoms with van der Waals surface area (Å²) in [5.41, 5.74) is -0.854. The lowest BCUT2D eigenvalue weighted by molar-refractivity contribution is 1.03. The Morgan fingerprint density at radius 3 is 2.18 bits per heavy atom. The SMILES string of the molecule is N=C1c2nc[nH]c2C(=N)c2[nH]c(=O)c(=O)[nH]c21. The predicted molar refractivity (Wildman–Crippen MR) is 58.1 cm³/mol. The maximum Gasteiger partial charge on any atom is 0.314 e. The van der Waals surface area contributed by atoms with Crippen molar-refractivity contribution in [1.29, 1.82) is 10.8 Å². The zero-order valence-corrected chi connectivity index (χ0v) is 8.34. The van der Waals surface area contributed by atoms with E-state index >= 15 is 0 Å². The third kappa shape index (κ3) is 1.08. The average Bonchev–Trinajstić information content (AvgIpc) is 2.78. The summed E-state index contributed by atoms with van der Waals surface area (Å²) in [5, 5.41) is 15.7. The fraction of sp³-hybridized carbons (Fsp3) is 0. The van der Waals surface area contributed by atoms with E-state index in [0.717, 1.165) is 0 Å². The lowest BCUT2D eigenvalue weighted by Gasteiger charge is -2.15. The van der Waals surface area contributed by atoms with E-state index in [1.807, 2.05) is 0 Å².